The largest absolute Gasteiger partial charge is 0.592 e. The van der Waals surface area contributed by atoms with E-state index in [0.717, 1.165) is 12.3 Å². The van der Waals surface area contributed by atoms with Crippen LogP contribution in [0.4, 0.5) is 0 Å². The first-order valence-electron chi connectivity index (χ1n) is 4.15. The van der Waals surface area contributed by atoms with E-state index in [0.29, 0.717) is 0 Å². The van der Waals surface area contributed by atoms with Crippen molar-refractivity contribution in [2.75, 3.05) is 6.26 Å². The Kier molecular flexibility index (Phi) is 3.94. The lowest BCUT2D eigenvalue weighted by atomic mass is 10.1. The lowest BCUT2D eigenvalue weighted by molar-refractivity contribution is 0.577. The lowest BCUT2D eigenvalue weighted by Crippen LogP contribution is -1.96. The van der Waals surface area contributed by atoms with Crippen molar-refractivity contribution in [2.24, 2.45) is 10.3 Å². The molecule has 1 atom stereocenters. The van der Waals surface area contributed by atoms with E-state index >= 15 is 0 Å². The summed E-state index contributed by atoms with van der Waals surface area (Å²) < 4.78 is 14.4. The Morgan fingerprint density at radius 2 is 2.18 bits per heavy atom. The standard InChI is InChI=1S/C8H15NOS/c1-11(10)9-7-6-8-4-2-3-5-8/h7-8H,2-6H2,1H3. The van der Waals surface area contributed by atoms with E-state index in [4.69, 9.17) is 0 Å². The molecule has 0 saturated heterocycles. The minimum atomic E-state index is -0.996. The molecule has 0 spiro atoms. The Labute approximate surface area is 71.4 Å². The van der Waals surface area contributed by atoms with Crippen molar-refractivity contribution < 1.29 is 4.55 Å². The second-order valence-corrected chi connectivity index (χ2v) is 4.16. The highest BCUT2D eigenvalue weighted by molar-refractivity contribution is 7.89. The summed E-state index contributed by atoms with van der Waals surface area (Å²) in [6, 6.07) is 0. The van der Waals surface area contributed by atoms with Gasteiger partial charge in [0.15, 0.2) is 0 Å². The van der Waals surface area contributed by atoms with E-state index in [1.807, 2.05) is 6.21 Å². The quantitative estimate of drug-likeness (QED) is 0.474. The fraction of sp³-hybridized carbons (Fsp3) is 0.875. The molecule has 1 fully saturated rings. The maximum Gasteiger partial charge on any atom is 0.123 e. The zero-order chi connectivity index (χ0) is 8.10. The summed E-state index contributed by atoms with van der Waals surface area (Å²) in [6.07, 6.45) is 9.86. The molecule has 3 heteroatoms. The molecule has 64 valence electrons. The van der Waals surface area contributed by atoms with Gasteiger partial charge in [-0.2, -0.15) is 0 Å². The second kappa shape index (κ2) is 4.78. The van der Waals surface area contributed by atoms with Crippen LogP contribution in [0.3, 0.4) is 0 Å². The van der Waals surface area contributed by atoms with E-state index in [9.17, 15) is 4.55 Å². The SMILES string of the molecule is C[S+]([O-])N=CCC1CCCC1. The normalized spacial score (nSPS) is 23.1. The van der Waals surface area contributed by atoms with Gasteiger partial charge in [0.1, 0.15) is 6.26 Å². The summed E-state index contributed by atoms with van der Waals surface area (Å²) in [5.74, 6) is 0.822. The molecule has 0 aromatic rings. The Balaban J connectivity index is 2.10. The highest BCUT2D eigenvalue weighted by atomic mass is 32.2. The van der Waals surface area contributed by atoms with Crippen LogP contribution in [-0.4, -0.2) is 17.0 Å². The van der Waals surface area contributed by atoms with Gasteiger partial charge in [-0.15, -0.1) is 0 Å². The smallest absolute Gasteiger partial charge is 0.123 e. The highest BCUT2D eigenvalue weighted by Gasteiger charge is 2.13. The average molecular weight is 173 g/mol. The van der Waals surface area contributed by atoms with Crippen LogP contribution in [-0.2, 0) is 11.4 Å². The van der Waals surface area contributed by atoms with Gasteiger partial charge in [-0.05, 0) is 12.3 Å². The third-order valence-electron chi connectivity index (χ3n) is 2.14. The molecule has 0 bridgehead atoms. The van der Waals surface area contributed by atoms with Crippen molar-refractivity contribution in [1.29, 1.82) is 0 Å². The van der Waals surface area contributed by atoms with E-state index in [1.165, 1.54) is 25.7 Å². The molecule has 0 aliphatic heterocycles. The molecule has 2 nitrogen and oxygen atoms in total. The summed E-state index contributed by atoms with van der Waals surface area (Å²) in [4.78, 5) is 0. The van der Waals surface area contributed by atoms with Crippen LogP contribution in [0.2, 0.25) is 0 Å². The van der Waals surface area contributed by atoms with Gasteiger partial charge in [0.05, 0.1) is 17.6 Å². The van der Waals surface area contributed by atoms with Crippen molar-refractivity contribution in [1.82, 2.24) is 0 Å². The predicted molar refractivity (Wildman–Crippen MR) is 49.1 cm³/mol. The summed E-state index contributed by atoms with van der Waals surface area (Å²) >= 11 is -0.996. The first kappa shape index (κ1) is 9.07. The summed E-state index contributed by atoms with van der Waals surface area (Å²) in [5, 5.41) is 0. The molecule has 0 radical (unpaired) electrons. The third kappa shape index (κ3) is 3.77. The molecule has 0 aromatic carbocycles. The molecule has 0 aromatic heterocycles. The molecule has 1 saturated carbocycles. The topological polar surface area (TPSA) is 35.4 Å². The van der Waals surface area contributed by atoms with Crippen LogP contribution in [0.15, 0.2) is 4.40 Å². The summed E-state index contributed by atoms with van der Waals surface area (Å²) in [5.41, 5.74) is 0. The Bertz CT molecular complexity index is 130. The molecule has 1 aliphatic carbocycles. The van der Waals surface area contributed by atoms with Gasteiger partial charge >= 0.3 is 0 Å². The monoisotopic (exact) mass is 173 g/mol. The first-order chi connectivity index (χ1) is 5.29. The zero-order valence-corrected chi connectivity index (χ0v) is 7.77. The Morgan fingerprint density at radius 3 is 2.73 bits per heavy atom. The van der Waals surface area contributed by atoms with Gasteiger partial charge in [0, 0.05) is 0 Å². The predicted octanol–water partition coefficient (Wildman–Crippen LogP) is 1.93. The minimum Gasteiger partial charge on any atom is -0.592 e. The van der Waals surface area contributed by atoms with Gasteiger partial charge < -0.3 is 4.55 Å². The van der Waals surface area contributed by atoms with Crippen LogP contribution < -0.4 is 0 Å². The van der Waals surface area contributed by atoms with Crippen LogP contribution in [0.25, 0.3) is 0 Å². The molecule has 0 amide bonds. The first-order valence-corrected chi connectivity index (χ1v) is 5.66. The van der Waals surface area contributed by atoms with Crippen molar-refractivity contribution in [3.63, 3.8) is 0 Å². The molecular formula is C8H15NOS. The molecule has 1 rings (SSSR count). The Hall–Kier alpha value is -0.0200. The Morgan fingerprint density at radius 1 is 1.55 bits per heavy atom. The van der Waals surface area contributed by atoms with Gasteiger partial charge in [0.25, 0.3) is 0 Å². The summed E-state index contributed by atoms with van der Waals surface area (Å²) in [6.45, 7) is 0. The number of nitrogens with zero attached hydrogens (tertiary/aromatic N) is 1. The minimum absolute atomic E-state index is 0.822. The van der Waals surface area contributed by atoms with Gasteiger partial charge in [-0.25, -0.2) is 0 Å². The maximum atomic E-state index is 10.5. The molecule has 1 unspecified atom stereocenters. The fourth-order valence-corrected chi connectivity index (χ4v) is 1.84. The van der Waals surface area contributed by atoms with E-state index in [-0.39, 0.29) is 0 Å². The van der Waals surface area contributed by atoms with Crippen LogP contribution in [0.5, 0.6) is 0 Å². The second-order valence-electron chi connectivity index (χ2n) is 3.10. The van der Waals surface area contributed by atoms with Gasteiger partial charge in [-0.1, -0.05) is 30.1 Å². The van der Waals surface area contributed by atoms with Crippen LogP contribution >= 0.6 is 0 Å². The van der Waals surface area contributed by atoms with E-state index in [2.05, 4.69) is 4.40 Å². The number of hydrogen-bond donors (Lipinski definition) is 0. The molecule has 1 aliphatic rings. The van der Waals surface area contributed by atoms with Crippen molar-refractivity contribution in [2.45, 2.75) is 32.1 Å². The van der Waals surface area contributed by atoms with Crippen molar-refractivity contribution in [3.05, 3.63) is 0 Å². The maximum absolute atomic E-state index is 10.5. The number of rotatable bonds is 3. The van der Waals surface area contributed by atoms with Crippen LogP contribution in [0, 0.1) is 5.92 Å². The molecule has 11 heavy (non-hydrogen) atoms. The average Bonchev–Trinajstić information content (AvgIpc) is 2.39. The molecular weight excluding hydrogens is 158 g/mol. The molecule has 0 heterocycles. The third-order valence-corrected chi connectivity index (χ3v) is 2.58. The fourth-order valence-electron chi connectivity index (χ4n) is 1.54. The van der Waals surface area contributed by atoms with Crippen molar-refractivity contribution in [3.8, 4) is 0 Å². The van der Waals surface area contributed by atoms with Gasteiger partial charge in [-0.3, -0.25) is 0 Å². The summed E-state index contributed by atoms with van der Waals surface area (Å²) in [7, 11) is 0. The van der Waals surface area contributed by atoms with E-state index < -0.39 is 11.4 Å². The van der Waals surface area contributed by atoms with Crippen molar-refractivity contribution >= 4 is 17.6 Å². The van der Waals surface area contributed by atoms with Gasteiger partial charge in [0.2, 0.25) is 0 Å². The lowest BCUT2D eigenvalue weighted by Gasteiger charge is -2.01. The molecule has 0 N–H and O–H groups in total. The number of hydrogen-bond acceptors (Lipinski definition) is 2. The zero-order valence-electron chi connectivity index (χ0n) is 6.95. The highest BCUT2D eigenvalue weighted by Crippen LogP contribution is 2.26. The van der Waals surface area contributed by atoms with Crippen LogP contribution in [0.1, 0.15) is 32.1 Å². The van der Waals surface area contributed by atoms with E-state index in [1.54, 1.807) is 6.26 Å².